The number of unbranched alkanes of at least 4 members (excludes halogenated alkanes) is 17. The lowest BCUT2D eigenvalue weighted by atomic mass is 9.99. The molecule has 8 unspecified atom stereocenters. The van der Waals surface area contributed by atoms with Crippen molar-refractivity contribution in [3.8, 4) is 0 Å². The number of nitrogens with one attached hydrogen (secondary N) is 1. The van der Waals surface area contributed by atoms with Crippen LogP contribution in [0.1, 0.15) is 162 Å². The van der Waals surface area contributed by atoms with Crippen molar-refractivity contribution >= 4 is 5.91 Å². The van der Waals surface area contributed by atoms with Crippen molar-refractivity contribution in [2.24, 2.45) is 0 Å². The van der Waals surface area contributed by atoms with Gasteiger partial charge < -0.3 is 45.4 Å². The average Bonchev–Trinajstić information content (AvgIpc) is 3.17. The lowest BCUT2D eigenvalue weighted by molar-refractivity contribution is -0.302. The summed E-state index contributed by atoms with van der Waals surface area (Å²) in [5.74, 6) is -0.650. The molecule has 10 heteroatoms. The van der Waals surface area contributed by atoms with Crippen LogP contribution in [0.25, 0.3) is 0 Å². The maximum absolute atomic E-state index is 13.0. The van der Waals surface area contributed by atoms with Crippen LogP contribution in [0, 0.1) is 0 Å². The van der Waals surface area contributed by atoms with E-state index in [4.69, 9.17) is 9.47 Å². The zero-order valence-corrected chi connectivity index (χ0v) is 33.8. The Labute approximate surface area is 327 Å². The minimum absolute atomic E-state index is 0.268. The third-order valence-corrected chi connectivity index (χ3v) is 9.96. The topological polar surface area (TPSA) is 169 Å². The molecule has 0 spiro atoms. The third-order valence-electron chi connectivity index (χ3n) is 9.96. The van der Waals surface area contributed by atoms with E-state index in [9.17, 15) is 35.4 Å². The third kappa shape index (κ3) is 24.6. The van der Waals surface area contributed by atoms with Gasteiger partial charge in [0.15, 0.2) is 6.29 Å². The smallest absolute Gasteiger partial charge is 0.249 e. The fraction of sp³-hybridized carbons (Fsp3) is 0.795. The molecule has 1 rings (SSSR count). The SMILES string of the molecule is CCCCCCCC/C=C\CCCCC(O)C(=O)NC(COC1OC(CO)C(O)C(O)C1O)C(O)/C=C/CC/C=C/CC/C=C/CCCCCCCCC. The second-order valence-corrected chi connectivity index (χ2v) is 14.9. The van der Waals surface area contributed by atoms with E-state index in [0.29, 0.717) is 12.8 Å². The summed E-state index contributed by atoms with van der Waals surface area (Å²) in [6, 6.07) is -1.01. The highest BCUT2D eigenvalue weighted by Gasteiger charge is 2.44. The molecule has 0 aliphatic carbocycles. The minimum atomic E-state index is -1.62. The summed E-state index contributed by atoms with van der Waals surface area (Å²) in [5.41, 5.74) is 0. The zero-order chi connectivity index (χ0) is 39.7. The molecule has 8 atom stereocenters. The lowest BCUT2D eigenvalue weighted by Gasteiger charge is -2.40. The predicted octanol–water partition coefficient (Wildman–Crippen LogP) is 7.25. The highest BCUT2D eigenvalue weighted by atomic mass is 16.7. The fourth-order valence-corrected chi connectivity index (χ4v) is 6.36. The first-order chi connectivity index (χ1) is 26.3. The number of carbonyl (C=O) groups is 1. The van der Waals surface area contributed by atoms with E-state index in [1.54, 1.807) is 6.08 Å². The van der Waals surface area contributed by atoms with Crippen molar-refractivity contribution < 1.29 is 44.9 Å². The molecule has 1 saturated heterocycles. The number of aliphatic hydroxyl groups excluding tert-OH is 6. The molecule has 0 radical (unpaired) electrons. The Balaban J connectivity index is 2.53. The second kappa shape index (κ2) is 34.4. The van der Waals surface area contributed by atoms with Crippen LogP contribution in [0.3, 0.4) is 0 Å². The first-order valence-electron chi connectivity index (χ1n) is 21.5. The molecule has 1 aliphatic rings. The van der Waals surface area contributed by atoms with Gasteiger partial charge in [0.25, 0.3) is 0 Å². The van der Waals surface area contributed by atoms with Crippen LogP contribution in [0.5, 0.6) is 0 Å². The number of amides is 1. The number of ether oxygens (including phenoxy) is 2. The maximum Gasteiger partial charge on any atom is 0.249 e. The molecule has 1 aliphatic heterocycles. The lowest BCUT2D eigenvalue weighted by Crippen LogP contribution is -2.60. The summed E-state index contributed by atoms with van der Waals surface area (Å²) >= 11 is 0. The van der Waals surface area contributed by atoms with Crippen molar-refractivity contribution in [1.29, 1.82) is 0 Å². The van der Waals surface area contributed by atoms with Crippen LogP contribution >= 0.6 is 0 Å². The normalized spacial score (nSPS) is 22.6. The summed E-state index contributed by atoms with van der Waals surface area (Å²) in [7, 11) is 0. The van der Waals surface area contributed by atoms with Crippen LogP contribution in [0.15, 0.2) is 48.6 Å². The zero-order valence-electron chi connectivity index (χ0n) is 33.8. The molecule has 10 nitrogen and oxygen atoms in total. The molecule has 54 heavy (non-hydrogen) atoms. The van der Waals surface area contributed by atoms with Crippen molar-refractivity contribution in [3.63, 3.8) is 0 Å². The van der Waals surface area contributed by atoms with E-state index in [2.05, 4.69) is 55.6 Å². The Hall–Kier alpha value is -1.89. The number of carbonyl (C=O) groups excluding carboxylic acids is 1. The van der Waals surface area contributed by atoms with Crippen molar-refractivity contribution in [1.82, 2.24) is 5.32 Å². The van der Waals surface area contributed by atoms with Crippen LogP contribution in [0.4, 0.5) is 0 Å². The molecule has 0 aromatic carbocycles. The van der Waals surface area contributed by atoms with Gasteiger partial charge in [0, 0.05) is 0 Å². The minimum Gasteiger partial charge on any atom is -0.394 e. The van der Waals surface area contributed by atoms with E-state index in [-0.39, 0.29) is 13.0 Å². The Morgan fingerprint density at radius 1 is 0.630 bits per heavy atom. The van der Waals surface area contributed by atoms with Gasteiger partial charge in [-0.15, -0.1) is 0 Å². The molecule has 0 saturated carbocycles. The first-order valence-corrected chi connectivity index (χ1v) is 21.5. The van der Waals surface area contributed by atoms with Gasteiger partial charge in [0.2, 0.25) is 5.91 Å². The van der Waals surface area contributed by atoms with Gasteiger partial charge >= 0.3 is 0 Å². The second-order valence-electron chi connectivity index (χ2n) is 14.9. The average molecular weight is 766 g/mol. The van der Waals surface area contributed by atoms with Gasteiger partial charge in [-0.25, -0.2) is 0 Å². The van der Waals surface area contributed by atoms with E-state index >= 15 is 0 Å². The van der Waals surface area contributed by atoms with Crippen molar-refractivity contribution in [3.05, 3.63) is 48.6 Å². The summed E-state index contributed by atoms with van der Waals surface area (Å²) in [4.78, 5) is 13.0. The van der Waals surface area contributed by atoms with E-state index < -0.39 is 61.5 Å². The molecule has 1 fully saturated rings. The predicted molar refractivity (Wildman–Crippen MR) is 218 cm³/mol. The summed E-state index contributed by atoms with van der Waals surface area (Å²) in [5, 5.41) is 64.4. The molecule has 0 bridgehead atoms. The molecule has 0 aromatic rings. The first kappa shape index (κ1) is 50.1. The van der Waals surface area contributed by atoms with Gasteiger partial charge in [0.05, 0.1) is 25.4 Å². The quantitative estimate of drug-likeness (QED) is 0.0264. The van der Waals surface area contributed by atoms with Gasteiger partial charge in [-0.1, -0.05) is 140 Å². The van der Waals surface area contributed by atoms with Crippen LogP contribution < -0.4 is 5.32 Å². The highest BCUT2D eigenvalue weighted by molar-refractivity contribution is 5.80. The molecular formula is C44H79NO9. The molecule has 314 valence electrons. The number of hydrogen-bond donors (Lipinski definition) is 7. The summed E-state index contributed by atoms with van der Waals surface area (Å²) < 4.78 is 11.1. The largest absolute Gasteiger partial charge is 0.394 e. The van der Waals surface area contributed by atoms with E-state index in [1.807, 2.05) is 6.08 Å². The standard InChI is InChI=1S/C44H79NO9/c1-3-5-7-9-11-13-15-17-18-19-20-21-23-24-26-28-30-32-37(47)36(35-53-44-42(51)41(50)40(49)39(34-46)54-44)45-43(52)38(48)33-31-29-27-25-22-16-14-12-10-8-6-4-2/h18-19,22-25,30,32,36-42,44,46-51H,3-17,20-21,26-29,31,33-35H2,1-2H3,(H,45,52)/b19-18+,24-23+,25-22-,32-30+. The molecule has 0 aromatic heterocycles. The van der Waals surface area contributed by atoms with Crippen molar-refractivity contribution in [2.45, 2.75) is 210 Å². The van der Waals surface area contributed by atoms with Gasteiger partial charge in [-0.3, -0.25) is 4.79 Å². The molecule has 1 heterocycles. The molecular weight excluding hydrogens is 686 g/mol. The van der Waals surface area contributed by atoms with Crippen LogP contribution in [-0.2, 0) is 14.3 Å². The Morgan fingerprint density at radius 3 is 1.61 bits per heavy atom. The van der Waals surface area contributed by atoms with Gasteiger partial charge in [0.1, 0.15) is 30.5 Å². The van der Waals surface area contributed by atoms with Crippen LogP contribution in [0.2, 0.25) is 0 Å². The number of hydrogen-bond acceptors (Lipinski definition) is 9. The van der Waals surface area contributed by atoms with Crippen molar-refractivity contribution in [2.75, 3.05) is 13.2 Å². The van der Waals surface area contributed by atoms with E-state index in [1.165, 1.54) is 83.5 Å². The number of rotatable bonds is 34. The number of allylic oxidation sites excluding steroid dienone is 7. The number of aliphatic hydroxyl groups is 6. The van der Waals surface area contributed by atoms with Crippen LogP contribution in [-0.4, -0.2) is 98.7 Å². The van der Waals surface area contributed by atoms with Gasteiger partial charge in [-0.05, 0) is 70.6 Å². The molecule has 1 amide bonds. The van der Waals surface area contributed by atoms with Gasteiger partial charge in [-0.2, -0.15) is 0 Å². The summed E-state index contributed by atoms with van der Waals surface area (Å²) in [6.07, 6.45) is 32.0. The fourth-order valence-electron chi connectivity index (χ4n) is 6.36. The van der Waals surface area contributed by atoms with E-state index in [0.717, 1.165) is 44.9 Å². The summed E-state index contributed by atoms with van der Waals surface area (Å²) in [6.45, 7) is 3.53. The maximum atomic E-state index is 13.0. The molecule has 7 N–H and O–H groups in total. The monoisotopic (exact) mass is 766 g/mol. The Bertz CT molecular complexity index is 1000. The Kier molecular flexibility index (Phi) is 31.9. The Morgan fingerprint density at radius 2 is 1.09 bits per heavy atom. The highest BCUT2D eigenvalue weighted by Crippen LogP contribution is 2.22.